The number of benzene rings is 2. The van der Waals surface area contributed by atoms with E-state index in [1.54, 1.807) is 42.5 Å². The van der Waals surface area contributed by atoms with Crippen molar-refractivity contribution in [1.29, 1.82) is 0 Å². The highest BCUT2D eigenvalue weighted by molar-refractivity contribution is 5.98. The summed E-state index contributed by atoms with van der Waals surface area (Å²) in [6.45, 7) is 3.17. The van der Waals surface area contributed by atoms with Crippen molar-refractivity contribution >= 4 is 11.7 Å². The second-order valence-electron chi connectivity index (χ2n) is 5.86. The quantitative estimate of drug-likeness (QED) is 0.481. The van der Waals surface area contributed by atoms with Gasteiger partial charge in [-0.15, -0.1) is 0 Å². The highest BCUT2D eigenvalue weighted by atomic mass is 19.1. The molecule has 0 unspecified atom stereocenters. The summed E-state index contributed by atoms with van der Waals surface area (Å²) in [4.78, 5) is 23.9. The molecule has 27 heavy (non-hydrogen) atoms. The Hall–Kier alpha value is -2.89. The van der Waals surface area contributed by atoms with Gasteiger partial charge >= 0.3 is 0 Å². The lowest BCUT2D eigenvalue weighted by molar-refractivity contribution is -0.121. The molecule has 0 aliphatic heterocycles. The van der Waals surface area contributed by atoms with E-state index in [-0.39, 0.29) is 30.3 Å². The number of nitrogens with one attached hydrogen (secondary N) is 1. The molecule has 0 bridgehead atoms. The Bertz CT molecular complexity index is 746. The molecule has 0 fully saturated rings. The average Bonchev–Trinajstić information content (AvgIpc) is 2.68. The fraction of sp³-hybridized carbons (Fsp3) is 0.333. The molecule has 144 valence electrons. The van der Waals surface area contributed by atoms with Crippen LogP contribution in [0.1, 0.15) is 36.5 Å². The number of Topliss-reactive ketones (excluding diaryl/α,β-unsaturated/α-hetero) is 1. The van der Waals surface area contributed by atoms with E-state index in [4.69, 9.17) is 9.47 Å². The van der Waals surface area contributed by atoms with Crippen LogP contribution < -0.4 is 14.8 Å². The summed E-state index contributed by atoms with van der Waals surface area (Å²) in [6.07, 6.45) is 0.818. The van der Waals surface area contributed by atoms with Gasteiger partial charge in [-0.05, 0) is 49.7 Å². The van der Waals surface area contributed by atoms with Gasteiger partial charge in [0.15, 0.2) is 17.3 Å². The Labute approximate surface area is 158 Å². The van der Waals surface area contributed by atoms with Gasteiger partial charge in [0.25, 0.3) is 0 Å². The number of hydrogen-bond donors (Lipinski definition) is 1. The molecule has 5 nitrogen and oxygen atoms in total. The summed E-state index contributed by atoms with van der Waals surface area (Å²) in [7, 11) is 0. The van der Waals surface area contributed by atoms with Gasteiger partial charge in [0, 0.05) is 24.9 Å². The molecule has 0 radical (unpaired) electrons. The third-order valence-electron chi connectivity index (χ3n) is 3.80. The lowest BCUT2D eigenvalue weighted by Gasteiger charge is -2.08. The molecular weight excluding hydrogens is 349 g/mol. The molecule has 0 saturated carbocycles. The Balaban J connectivity index is 1.61. The van der Waals surface area contributed by atoms with Crippen LogP contribution >= 0.6 is 0 Å². The zero-order chi connectivity index (χ0) is 19.5. The molecule has 0 heterocycles. The number of rotatable bonds is 11. The normalized spacial score (nSPS) is 10.3. The zero-order valence-corrected chi connectivity index (χ0v) is 15.4. The van der Waals surface area contributed by atoms with E-state index < -0.39 is 5.82 Å². The van der Waals surface area contributed by atoms with Crippen molar-refractivity contribution < 1.29 is 23.5 Å². The number of amides is 1. The van der Waals surface area contributed by atoms with Crippen molar-refractivity contribution in [2.45, 2.75) is 26.2 Å². The topological polar surface area (TPSA) is 64.6 Å². The lowest BCUT2D eigenvalue weighted by atomic mass is 10.1. The molecule has 2 aromatic rings. The highest BCUT2D eigenvalue weighted by Gasteiger charge is 2.09. The zero-order valence-electron chi connectivity index (χ0n) is 15.4. The van der Waals surface area contributed by atoms with Crippen LogP contribution in [0.2, 0.25) is 0 Å². The molecule has 0 aliphatic carbocycles. The van der Waals surface area contributed by atoms with Crippen LogP contribution in [0.5, 0.6) is 11.5 Å². The summed E-state index contributed by atoms with van der Waals surface area (Å²) in [5.74, 6) is 0.222. The number of ether oxygens (including phenoxy) is 2. The largest absolute Gasteiger partial charge is 0.494 e. The summed E-state index contributed by atoms with van der Waals surface area (Å²) in [6, 6.07) is 13.1. The smallest absolute Gasteiger partial charge is 0.220 e. The molecule has 2 rings (SSSR count). The fourth-order valence-corrected chi connectivity index (χ4v) is 2.41. The number of carbonyl (C=O) groups is 2. The van der Waals surface area contributed by atoms with Crippen molar-refractivity contribution in [3.05, 3.63) is 59.9 Å². The first-order chi connectivity index (χ1) is 13.1. The predicted molar refractivity (Wildman–Crippen MR) is 101 cm³/mol. The molecule has 1 N–H and O–H groups in total. The highest BCUT2D eigenvalue weighted by Crippen LogP contribution is 2.15. The first-order valence-corrected chi connectivity index (χ1v) is 9.00. The van der Waals surface area contributed by atoms with E-state index >= 15 is 0 Å². The van der Waals surface area contributed by atoms with Gasteiger partial charge in [0.2, 0.25) is 5.91 Å². The Morgan fingerprint density at radius 1 is 1.00 bits per heavy atom. The molecular formula is C21H24FNO4. The van der Waals surface area contributed by atoms with Crippen LogP contribution in [-0.2, 0) is 4.79 Å². The van der Waals surface area contributed by atoms with Crippen LogP contribution in [0.3, 0.4) is 0 Å². The minimum Gasteiger partial charge on any atom is -0.494 e. The lowest BCUT2D eigenvalue weighted by Crippen LogP contribution is -2.26. The Morgan fingerprint density at radius 2 is 1.74 bits per heavy atom. The second-order valence-corrected chi connectivity index (χ2v) is 5.86. The van der Waals surface area contributed by atoms with Crippen molar-refractivity contribution in [3.8, 4) is 11.5 Å². The van der Waals surface area contributed by atoms with Crippen molar-refractivity contribution in [1.82, 2.24) is 5.32 Å². The molecule has 2 aromatic carbocycles. The van der Waals surface area contributed by atoms with Gasteiger partial charge in [-0.1, -0.05) is 12.1 Å². The second kappa shape index (κ2) is 11.0. The standard InChI is InChI=1S/C21H24FNO4/c1-2-26-17-10-8-16(9-11-17)19(24)12-13-21(25)23-14-5-15-27-20-7-4-3-6-18(20)22/h3-4,6-11H,2,5,12-15H2,1H3,(H,23,25). The third-order valence-corrected chi connectivity index (χ3v) is 3.80. The number of hydrogen-bond acceptors (Lipinski definition) is 4. The molecule has 1 amide bonds. The molecule has 0 aromatic heterocycles. The fourth-order valence-electron chi connectivity index (χ4n) is 2.41. The molecule has 0 spiro atoms. The van der Waals surface area contributed by atoms with Crippen molar-refractivity contribution in [2.75, 3.05) is 19.8 Å². The molecule has 0 atom stereocenters. The number of carbonyl (C=O) groups excluding carboxylic acids is 2. The van der Waals surface area contributed by atoms with Gasteiger partial charge in [-0.25, -0.2) is 4.39 Å². The van der Waals surface area contributed by atoms with Crippen LogP contribution in [-0.4, -0.2) is 31.4 Å². The summed E-state index contributed by atoms with van der Waals surface area (Å²) in [5, 5.41) is 2.73. The van der Waals surface area contributed by atoms with E-state index in [2.05, 4.69) is 5.32 Å². The van der Waals surface area contributed by atoms with Gasteiger partial charge in [-0.3, -0.25) is 9.59 Å². The first kappa shape index (κ1) is 20.4. The third kappa shape index (κ3) is 7.09. The molecule has 0 saturated heterocycles. The van der Waals surface area contributed by atoms with E-state index in [1.165, 1.54) is 6.07 Å². The SMILES string of the molecule is CCOc1ccc(C(=O)CCC(=O)NCCCOc2ccccc2F)cc1. The van der Waals surface area contributed by atoms with Crippen LogP contribution in [0.15, 0.2) is 48.5 Å². The first-order valence-electron chi connectivity index (χ1n) is 9.00. The van der Waals surface area contributed by atoms with Crippen molar-refractivity contribution in [2.24, 2.45) is 0 Å². The van der Waals surface area contributed by atoms with E-state index in [0.717, 1.165) is 0 Å². The Morgan fingerprint density at radius 3 is 2.44 bits per heavy atom. The van der Waals surface area contributed by atoms with Gasteiger partial charge < -0.3 is 14.8 Å². The average molecular weight is 373 g/mol. The van der Waals surface area contributed by atoms with Gasteiger partial charge in [0.1, 0.15) is 5.75 Å². The Kier molecular flexibility index (Phi) is 8.29. The summed E-state index contributed by atoms with van der Waals surface area (Å²) >= 11 is 0. The van der Waals surface area contributed by atoms with Gasteiger partial charge in [-0.2, -0.15) is 0 Å². The number of halogens is 1. The number of para-hydroxylation sites is 1. The molecule has 0 aliphatic rings. The predicted octanol–water partition coefficient (Wildman–Crippen LogP) is 3.77. The van der Waals surface area contributed by atoms with Crippen LogP contribution in [0.25, 0.3) is 0 Å². The molecule has 6 heteroatoms. The maximum Gasteiger partial charge on any atom is 0.220 e. The van der Waals surface area contributed by atoms with Crippen molar-refractivity contribution in [3.63, 3.8) is 0 Å². The number of ketones is 1. The van der Waals surface area contributed by atoms with Crippen LogP contribution in [0.4, 0.5) is 4.39 Å². The van der Waals surface area contributed by atoms with E-state index in [0.29, 0.717) is 37.5 Å². The van der Waals surface area contributed by atoms with E-state index in [1.807, 2.05) is 6.92 Å². The summed E-state index contributed by atoms with van der Waals surface area (Å²) in [5.41, 5.74) is 0.560. The van der Waals surface area contributed by atoms with Crippen LogP contribution in [0, 0.1) is 5.82 Å². The maximum absolute atomic E-state index is 13.4. The minimum absolute atomic E-state index is 0.0870. The van der Waals surface area contributed by atoms with Gasteiger partial charge in [0.05, 0.1) is 13.2 Å². The minimum atomic E-state index is -0.408. The van der Waals surface area contributed by atoms with E-state index in [9.17, 15) is 14.0 Å². The monoisotopic (exact) mass is 373 g/mol. The summed E-state index contributed by atoms with van der Waals surface area (Å²) < 4.78 is 24.0. The maximum atomic E-state index is 13.4.